The van der Waals surface area contributed by atoms with Gasteiger partial charge in [0.2, 0.25) is 11.0 Å². The van der Waals surface area contributed by atoms with E-state index in [1.54, 1.807) is 11.3 Å². The molecule has 4 heterocycles. The minimum Gasteiger partial charge on any atom is -0.344 e. The Morgan fingerprint density at radius 1 is 1.17 bits per heavy atom. The lowest BCUT2D eigenvalue weighted by atomic mass is 10.3. The topological polar surface area (TPSA) is 67.2 Å². The van der Waals surface area contributed by atoms with E-state index in [-0.39, 0.29) is 5.91 Å². The van der Waals surface area contributed by atoms with Crippen LogP contribution in [0.3, 0.4) is 0 Å². The molecule has 8 heteroatoms. The number of hydrogen-bond donors (Lipinski definition) is 0. The van der Waals surface area contributed by atoms with Crippen molar-refractivity contribution in [2.45, 2.75) is 44.1 Å². The molecule has 1 saturated carbocycles. The molecule has 5 rings (SSSR count). The monoisotopic (exact) mass is 344 g/mol. The number of aromatic nitrogens is 4. The Kier molecular flexibility index (Phi) is 3.32. The zero-order valence-corrected chi connectivity index (χ0v) is 14.3. The summed E-state index contributed by atoms with van der Waals surface area (Å²) >= 11 is 1.75. The number of amides is 1. The summed E-state index contributed by atoms with van der Waals surface area (Å²) in [6, 6.07) is 0.338. The molecule has 2 aromatic rings. The Bertz CT molecular complexity index is 766. The summed E-state index contributed by atoms with van der Waals surface area (Å²) in [6.07, 6.45) is 9.03. The van der Waals surface area contributed by atoms with Crippen LogP contribution in [0.4, 0.5) is 10.8 Å². The Morgan fingerprint density at radius 3 is 2.88 bits per heavy atom. The highest BCUT2D eigenvalue weighted by atomic mass is 32.1. The van der Waals surface area contributed by atoms with Gasteiger partial charge in [-0.1, -0.05) is 11.3 Å². The van der Waals surface area contributed by atoms with Crippen molar-refractivity contribution >= 4 is 28.1 Å². The first-order valence-electron chi connectivity index (χ1n) is 8.71. The molecule has 7 nitrogen and oxygen atoms in total. The summed E-state index contributed by atoms with van der Waals surface area (Å²) in [5.41, 5.74) is 0.933. The average molecular weight is 344 g/mol. The number of hydrogen-bond acceptors (Lipinski definition) is 6. The van der Waals surface area contributed by atoms with Crippen molar-refractivity contribution in [3.05, 3.63) is 17.4 Å². The third kappa shape index (κ3) is 2.49. The van der Waals surface area contributed by atoms with E-state index in [4.69, 9.17) is 0 Å². The van der Waals surface area contributed by atoms with E-state index >= 15 is 0 Å². The van der Waals surface area contributed by atoms with Crippen LogP contribution in [-0.2, 0) is 4.79 Å². The summed E-state index contributed by atoms with van der Waals surface area (Å²) in [5.74, 6) is 0.880. The van der Waals surface area contributed by atoms with Gasteiger partial charge in [0, 0.05) is 38.2 Å². The molecule has 24 heavy (non-hydrogen) atoms. The van der Waals surface area contributed by atoms with E-state index in [0.717, 1.165) is 43.3 Å². The molecule has 0 N–H and O–H groups in total. The predicted molar refractivity (Wildman–Crippen MR) is 91.6 cm³/mol. The number of carbonyl (C=O) groups is 1. The second kappa shape index (κ2) is 5.54. The van der Waals surface area contributed by atoms with Crippen molar-refractivity contribution in [3.63, 3.8) is 0 Å². The van der Waals surface area contributed by atoms with Gasteiger partial charge >= 0.3 is 0 Å². The fourth-order valence-corrected chi connectivity index (χ4v) is 4.62. The second-order valence-corrected chi connectivity index (χ2v) is 7.90. The number of rotatable bonds is 4. The molecule has 1 aliphatic carbocycles. The predicted octanol–water partition coefficient (Wildman–Crippen LogP) is 2.19. The van der Waals surface area contributed by atoms with Crippen LogP contribution in [0.2, 0.25) is 0 Å². The Labute approximate surface area is 144 Å². The summed E-state index contributed by atoms with van der Waals surface area (Å²) in [4.78, 5) is 16.0. The van der Waals surface area contributed by atoms with Crippen LogP contribution in [0.25, 0.3) is 0 Å². The van der Waals surface area contributed by atoms with Crippen LogP contribution in [0.1, 0.15) is 49.1 Å². The van der Waals surface area contributed by atoms with Crippen molar-refractivity contribution in [3.8, 4) is 0 Å². The van der Waals surface area contributed by atoms with Crippen LogP contribution in [0.5, 0.6) is 0 Å². The third-order valence-electron chi connectivity index (χ3n) is 5.14. The van der Waals surface area contributed by atoms with Crippen molar-refractivity contribution in [1.29, 1.82) is 0 Å². The Balaban J connectivity index is 1.28. The van der Waals surface area contributed by atoms with Crippen molar-refractivity contribution in [2.24, 2.45) is 0 Å². The molecule has 2 saturated heterocycles. The fraction of sp³-hybridized carbons (Fsp3) is 0.625. The lowest BCUT2D eigenvalue weighted by molar-refractivity contribution is -0.117. The molecule has 0 aromatic carbocycles. The summed E-state index contributed by atoms with van der Waals surface area (Å²) < 4.78 is 2.02. The fourth-order valence-electron chi connectivity index (χ4n) is 3.57. The van der Waals surface area contributed by atoms with Crippen molar-refractivity contribution < 1.29 is 4.79 Å². The maximum absolute atomic E-state index is 11.9. The molecular formula is C16H20N6OS. The first kappa shape index (κ1) is 14.4. The van der Waals surface area contributed by atoms with Gasteiger partial charge in [-0.15, -0.1) is 10.2 Å². The van der Waals surface area contributed by atoms with Gasteiger partial charge in [-0.25, -0.2) is 0 Å². The first-order valence-corrected chi connectivity index (χ1v) is 9.52. The van der Waals surface area contributed by atoms with Gasteiger partial charge in [0.25, 0.3) is 0 Å². The van der Waals surface area contributed by atoms with E-state index in [2.05, 4.69) is 20.2 Å². The van der Waals surface area contributed by atoms with Gasteiger partial charge in [-0.2, -0.15) is 5.10 Å². The standard InChI is InChI=1S/C16H20N6OS/c23-14-2-1-6-21(14)13-8-17-22(10-13)12-5-7-20(9-12)16-19-18-15(24-16)11-3-4-11/h8,10-12H,1-7,9H2. The number of carbonyl (C=O) groups excluding carboxylic acids is 1. The SMILES string of the molecule is O=C1CCCN1c1cnn(C2CCN(c3nnc(C4CC4)s3)C2)c1. The van der Waals surface area contributed by atoms with Crippen LogP contribution in [-0.4, -0.2) is 45.5 Å². The molecule has 0 radical (unpaired) electrons. The summed E-state index contributed by atoms with van der Waals surface area (Å²) in [7, 11) is 0. The highest BCUT2D eigenvalue weighted by molar-refractivity contribution is 7.15. The maximum atomic E-state index is 11.9. The normalized spacial score (nSPS) is 24.3. The Hall–Kier alpha value is -1.96. The molecule has 1 amide bonds. The first-order chi connectivity index (χ1) is 11.8. The maximum Gasteiger partial charge on any atom is 0.227 e. The quantitative estimate of drug-likeness (QED) is 0.850. The highest BCUT2D eigenvalue weighted by Gasteiger charge is 2.31. The smallest absolute Gasteiger partial charge is 0.227 e. The van der Waals surface area contributed by atoms with Crippen molar-refractivity contribution in [2.75, 3.05) is 29.4 Å². The lowest BCUT2D eigenvalue weighted by Gasteiger charge is -2.15. The van der Waals surface area contributed by atoms with E-state index < -0.39 is 0 Å². The molecule has 2 aromatic heterocycles. The lowest BCUT2D eigenvalue weighted by Crippen LogP contribution is -2.23. The van der Waals surface area contributed by atoms with Crippen LogP contribution >= 0.6 is 11.3 Å². The third-order valence-corrected chi connectivity index (χ3v) is 6.28. The average Bonchev–Trinajstić information content (AvgIpc) is 3.05. The van der Waals surface area contributed by atoms with Crippen LogP contribution in [0.15, 0.2) is 12.4 Å². The zero-order valence-electron chi connectivity index (χ0n) is 13.5. The van der Waals surface area contributed by atoms with E-state index in [0.29, 0.717) is 18.4 Å². The van der Waals surface area contributed by atoms with Gasteiger partial charge in [0.15, 0.2) is 0 Å². The Morgan fingerprint density at radius 2 is 2.08 bits per heavy atom. The minimum atomic E-state index is 0.212. The summed E-state index contributed by atoms with van der Waals surface area (Å²) in [6.45, 7) is 2.71. The van der Waals surface area contributed by atoms with E-state index in [1.165, 1.54) is 17.8 Å². The molecule has 126 valence electrons. The summed E-state index contributed by atoms with van der Waals surface area (Å²) in [5, 5.41) is 15.5. The second-order valence-electron chi connectivity index (χ2n) is 6.91. The highest BCUT2D eigenvalue weighted by Crippen LogP contribution is 2.43. The van der Waals surface area contributed by atoms with Crippen molar-refractivity contribution in [1.82, 2.24) is 20.0 Å². The number of anilines is 2. The largest absolute Gasteiger partial charge is 0.344 e. The van der Waals surface area contributed by atoms with Crippen LogP contribution in [0, 0.1) is 0 Å². The molecule has 0 spiro atoms. The molecule has 2 aliphatic heterocycles. The van der Waals surface area contributed by atoms with Gasteiger partial charge in [0.05, 0.1) is 17.9 Å². The molecule has 0 bridgehead atoms. The molecule has 3 fully saturated rings. The molecule has 3 aliphatic rings. The van der Waals surface area contributed by atoms with E-state index in [9.17, 15) is 4.79 Å². The molecule has 1 unspecified atom stereocenters. The molecular weight excluding hydrogens is 324 g/mol. The minimum absolute atomic E-state index is 0.212. The number of nitrogens with zero attached hydrogens (tertiary/aromatic N) is 6. The van der Waals surface area contributed by atoms with E-state index in [1.807, 2.05) is 22.0 Å². The van der Waals surface area contributed by atoms with Gasteiger partial charge in [-0.3, -0.25) is 9.48 Å². The zero-order chi connectivity index (χ0) is 16.1. The van der Waals surface area contributed by atoms with Gasteiger partial charge in [-0.05, 0) is 25.7 Å². The van der Waals surface area contributed by atoms with Crippen LogP contribution < -0.4 is 9.80 Å². The molecule has 1 atom stereocenters. The van der Waals surface area contributed by atoms with Gasteiger partial charge < -0.3 is 9.80 Å². The van der Waals surface area contributed by atoms with Gasteiger partial charge in [0.1, 0.15) is 5.01 Å².